The van der Waals surface area contributed by atoms with Crippen molar-refractivity contribution in [3.63, 3.8) is 0 Å². The summed E-state index contributed by atoms with van der Waals surface area (Å²) in [6, 6.07) is 0. The van der Waals surface area contributed by atoms with E-state index in [9.17, 15) is 0 Å². The molecule has 0 aromatic carbocycles. The molecule has 0 amide bonds. The molecule has 0 unspecified atom stereocenters. The number of rotatable bonds is 1. The van der Waals surface area contributed by atoms with Gasteiger partial charge in [-0.2, -0.15) is 0 Å². The van der Waals surface area contributed by atoms with Crippen LogP contribution in [0.3, 0.4) is 0 Å². The first-order valence-electron chi connectivity index (χ1n) is 3.80. The first kappa shape index (κ1) is 108. The Kier molecular flexibility index (Phi) is 6730. The smallest absolute Gasteiger partial charge is 0 e. The minimum Gasteiger partial charge on any atom is -0.545 e. The molecular weight excluding hydrogens is 527 g/mol. The van der Waals surface area contributed by atoms with E-state index in [1.807, 2.05) is 0 Å². The summed E-state index contributed by atoms with van der Waals surface area (Å²) >= 11 is 0. The molecule has 0 fully saturated rings. The van der Waals surface area contributed by atoms with Gasteiger partial charge in [0.1, 0.15) is 0 Å². The summed E-state index contributed by atoms with van der Waals surface area (Å²) in [5, 5.41) is 0. The van der Waals surface area contributed by atoms with E-state index in [2.05, 4.69) is 86.8 Å². The normalized spacial score (nSPS) is 2.61. The molecule has 0 aliphatic carbocycles. The predicted octanol–water partition coefficient (Wildman–Crippen LogP) is 1.15. The van der Waals surface area contributed by atoms with Gasteiger partial charge in [-0.3, -0.25) is 6.79 Å². The molecule has 0 bridgehead atoms. The standard InChI is InChI=1S/C4H9P.CHO.9CO.3Fe/c1-4(2)5-3;10*1-2;;;/h4H,3H2,1-2H3;1H;;;;;;;;;;;;/q;-1;;;;;;;;;;;;. The second-order valence-corrected chi connectivity index (χ2v) is 2.67. The zero-order chi connectivity index (χ0) is 24.3. The van der Waals surface area contributed by atoms with Crippen LogP contribution in [0.4, 0.5) is 0 Å². The fourth-order valence-electron chi connectivity index (χ4n) is 0. The van der Waals surface area contributed by atoms with E-state index in [1.165, 1.54) is 8.20 Å². The Hall–Kier alpha value is -0.942. The predicted molar refractivity (Wildman–Crippen MR) is 71.3 cm³/mol. The van der Waals surface area contributed by atoms with Crippen LogP contribution in [0.5, 0.6) is 0 Å². The summed E-state index contributed by atoms with van der Waals surface area (Å²) in [5.41, 5.74) is 0.745. The molecule has 0 radical (unpaired) electrons. The Morgan fingerprint density at radius 2 is 0.571 bits per heavy atom. The monoisotopic (exact) mass is 537 g/mol. The van der Waals surface area contributed by atoms with E-state index in [1.54, 1.807) is 0 Å². The zero-order valence-corrected chi connectivity index (χ0v) is 18.2. The number of hydrogen-bond acceptors (Lipinski definition) is 1. The maximum absolute atomic E-state index is 7.75. The average molecular weight is 537 g/mol. The van der Waals surface area contributed by atoms with Crippen LogP contribution in [0, 0.1) is 59.9 Å². The van der Waals surface area contributed by atoms with Gasteiger partial charge in [-0.1, -0.05) is 20.1 Å². The summed E-state index contributed by atoms with van der Waals surface area (Å²) in [4.78, 5) is 7.75. The Morgan fingerprint density at radius 1 is 0.536 bits per heavy atom. The minimum absolute atomic E-state index is 0. The van der Waals surface area contributed by atoms with Gasteiger partial charge in [0.2, 0.25) is 0 Å². The number of carbonyl (C=O) groups excluding carboxylic acids is 1. The fourth-order valence-corrected chi connectivity index (χ4v) is 0. The Labute approximate surface area is 198 Å². The maximum atomic E-state index is 7.75. The van der Waals surface area contributed by atoms with Crippen LogP contribution in [-0.2, 0) is 97.9 Å². The molecule has 28 heavy (non-hydrogen) atoms. The largest absolute Gasteiger partial charge is 0.545 e. The van der Waals surface area contributed by atoms with Crippen molar-refractivity contribution in [1.29, 1.82) is 0 Å². The van der Waals surface area contributed by atoms with Crippen LogP contribution >= 0.6 is 8.20 Å². The molecule has 0 aliphatic heterocycles. The van der Waals surface area contributed by atoms with Crippen molar-refractivity contribution >= 4 is 21.3 Å². The van der Waals surface area contributed by atoms with Crippen molar-refractivity contribution in [1.82, 2.24) is 0 Å². The topological polar surface area (TPSA) is 196 Å². The van der Waals surface area contributed by atoms with Crippen molar-refractivity contribution in [2.75, 3.05) is 0 Å². The average Bonchev–Trinajstić information content (AvgIpc) is 2.82. The van der Waals surface area contributed by atoms with Crippen molar-refractivity contribution in [2.24, 2.45) is 0 Å². The van der Waals surface area contributed by atoms with Gasteiger partial charge < -0.3 is 4.79 Å². The summed E-state index contributed by atoms with van der Waals surface area (Å²) in [5.74, 6) is 0. The second-order valence-electron chi connectivity index (χ2n) is 1.28. The maximum Gasteiger partial charge on any atom is 0 e. The molecule has 156 valence electrons. The van der Waals surface area contributed by atoms with Gasteiger partial charge in [0.25, 0.3) is 0 Å². The summed E-state index contributed by atoms with van der Waals surface area (Å²) in [7, 11) is 1.25. The van der Waals surface area contributed by atoms with Gasteiger partial charge >= 0.3 is 102 Å². The summed E-state index contributed by atoms with van der Waals surface area (Å²) in [6.45, 7) is 48.0. The van der Waals surface area contributed by atoms with Gasteiger partial charge in [0, 0.05) is 51.2 Å². The van der Waals surface area contributed by atoms with E-state index in [0.29, 0.717) is 0 Å². The van der Waals surface area contributed by atoms with Gasteiger partial charge in [-0.15, -0.1) is 8.20 Å². The van der Waals surface area contributed by atoms with Gasteiger partial charge in [0.15, 0.2) is 0 Å². The van der Waals surface area contributed by atoms with Crippen molar-refractivity contribution in [3.8, 4) is 0 Å². The molecule has 14 heteroatoms. The summed E-state index contributed by atoms with van der Waals surface area (Å²) < 4.78 is 67.5. The second kappa shape index (κ2) is 1750. The molecule has 0 atom stereocenters. The minimum atomic E-state index is 0. The van der Waals surface area contributed by atoms with Gasteiger partial charge in [0.05, 0.1) is 0 Å². The van der Waals surface area contributed by atoms with Crippen LogP contribution in [0.1, 0.15) is 13.8 Å². The molecule has 0 aromatic rings. The quantitative estimate of drug-likeness (QED) is 0.157. The Bertz CT molecular complexity index is 257. The molecule has 0 saturated heterocycles. The third kappa shape index (κ3) is 12900. The van der Waals surface area contributed by atoms with E-state index < -0.39 is 0 Å². The molecular formula is C14H10Fe3O10P-. The third-order valence-electron chi connectivity index (χ3n) is 0.365. The molecule has 0 rings (SSSR count). The fraction of sp³-hybridized carbons (Fsp3) is 0.214. The number of hydrogen-bond donors (Lipinski definition) is 0. The molecule has 0 aliphatic rings. The van der Waals surface area contributed by atoms with E-state index in [4.69, 9.17) is 46.7 Å². The van der Waals surface area contributed by atoms with Crippen LogP contribution in [0.25, 0.3) is 0 Å². The van der Waals surface area contributed by atoms with E-state index in [-0.39, 0.29) is 51.2 Å². The van der Waals surface area contributed by atoms with Crippen molar-refractivity contribution < 1.29 is 97.9 Å². The molecule has 0 saturated carbocycles. The molecule has 0 aromatic heterocycles. The molecule has 0 N–H and O–H groups in total. The Morgan fingerprint density at radius 3 is 0.571 bits per heavy atom. The van der Waals surface area contributed by atoms with Crippen LogP contribution in [0.15, 0.2) is 0 Å². The Balaban J connectivity index is -0.00000000652. The van der Waals surface area contributed by atoms with Crippen molar-refractivity contribution in [2.45, 2.75) is 19.5 Å². The van der Waals surface area contributed by atoms with Gasteiger partial charge in [-0.05, 0) is 5.66 Å². The first-order valence-corrected chi connectivity index (χ1v) is 4.95. The first-order chi connectivity index (χ1) is 12.3. The van der Waals surface area contributed by atoms with Crippen LogP contribution < -0.4 is 0 Å². The molecule has 0 heterocycles. The van der Waals surface area contributed by atoms with Crippen LogP contribution in [-0.4, -0.2) is 18.7 Å². The van der Waals surface area contributed by atoms with Crippen LogP contribution in [0.2, 0.25) is 0 Å². The van der Waals surface area contributed by atoms with E-state index >= 15 is 0 Å². The zero-order valence-electron chi connectivity index (χ0n) is 14.0. The third-order valence-corrected chi connectivity index (χ3v) is 1.10. The van der Waals surface area contributed by atoms with Crippen molar-refractivity contribution in [3.05, 3.63) is 59.9 Å². The van der Waals surface area contributed by atoms with Gasteiger partial charge in [-0.25, -0.2) is 0 Å². The SMILES string of the molecule is C=PC(C)C.[C-]#[O+].[C-]#[O+].[C-]#[O+].[C-]#[O+].[C-]#[O+].[C-]#[O+].[C-]#[O+].[C-]#[O+].[C-]#[O+].[CH-]=O.[Fe].[Fe].[Fe]. The summed E-state index contributed by atoms with van der Waals surface area (Å²) in [6.07, 6.45) is 3.66. The molecule has 10 nitrogen and oxygen atoms in total. The van der Waals surface area contributed by atoms with E-state index in [0.717, 1.165) is 5.66 Å². The molecule has 0 spiro atoms.